The van der Waals surface area contributed by atoms with E-state index in [0.717, 1.165) is 5.56 Å². The molecule has 3 rings (SSSR count). The Morgan fingerprint density at radius 2 is 1.75 bits per heavy atom. The zero-order chi connectivity index (χ0) is 20.1. The highest BCUT2D eigenvalue weighted by molar-refractivity contribution is 7.89. The van der Waals surface area contributed by atoms with E-state index < -0.39 is 10.0 Å². The molecule has 0 atom stereocenters. The van der Waals surface area contributed by atoms with E-state index in [9.17, 15) is 13.2 Å². The molecule has 0 saturated carbocycles. The predicted octanol–water partition coefficient (Wildman–Crippen LogP) is 3.59. The number of benzene rings is 2. The third kappa shape index (κ3) is 5.24. The second kappa shape index (κ2) is 9.24. The SMILES string of the molecule is O=C(CCc1ccc(S(=O)(=O)N2CCOCC2)cc1)Nc1ccc(Cl)cc1Cl. The molecule has 1 amide bonds. The average Bonchev–Trinajstić information content (AvgIpc) is 2.69. The molecular weight excluding hydrogens is 423 g/mol. The van der Waals surface area contributed by atoms with Crippen molar-refractivity contribution in [2.75, 3.05) is 31.6 Å². The normalized spacial score (nSPS) is 15.4. The van der Waals surface area contributed by atoms with E-state index in [1.165, 1.54) is 4.31 Å². The van der Waals surface area contributed by atoms with Crippen LogP contribution in [0.25, 0.3) is 0 Å². The maximum absolute atomic E-state index is 12.6. The van der Waals surface area contributed by atoms with Crippen molar-refractivity contribution in [3.05, 3.63) is 58.1 Å². The first-order chi connectivity index (χ1) is 13.4. The van der Waals surface area contributed by atoms with Gasteiger partial charge in [0.05, 0.1) is 28.8 Å². The number of aryl methyl sites for hydroxylation is 1. The van der Waals surface area contributed by atoms with E-state index in [1.807, 2.05) is 0 Å². The van der Waals surface area contributed by atoms with Gasteiger partial charge in [0.2, 0.25) is 15.9 Å². The lowest BCUT2D eigenvalue weighted by atomic mass is 10.1. The summed E-state index contributed by atoms with van der Waals surface area (Å²) < 4.78 is 31.8. The molecule has 0 radical (unpaired) electrons. The van der Waals surface area contributed by atoms with Crippen LogP contribution in [0.1, 0.15) is 12.0 Å². The summed E-state index contributed by atoms with van der Waals surface area (Å²) in [6.07, 6.45) is 0.726. The number of hydrogen-bond donors (Lipinski definition) is 1. The number of morpholine rings is 1. The van der Waals surface area contributed by atoms with Gasteiger partial charge in [-0.05, 0) is 42.3 Å². The van der Waals surface area contributed by atoms with Gasteiger partial charge in [-0.3, -0.25) is 4.79 Å². The summed E-state index contributed by atoms with van der Waals surface area (Å²) in [5.41, 5.74) is 1.38. The number of rotatable bonds is 6. The minimum atomic E-state index is -3.51. The molecule has 1 heterocycles. The molecule has 1 fully saturated rings. The van der Waals surface area contributed by atoms with E-state index in [2.05, 4.69) is 5.32 Å². The third-order valence-corrected chi connectivity index (χ3v) is 6.84. The van der Waals surface area contributed by atoms with Crippen molar-refractivity contribution in [2.45, 2.75) is 17.7 Å². The molecule has 150 valence electrons. The predicted molar refractivity (Wildman–Crippen MR) is 109 cm³/mol. The number of carbonyl (C=O) groups excluding carboxylic acids is 1. The molecule has 0 unspecified atom stereocenters. The fourth-order valence-corrected chi connectivity index (χ4v) is 4.69. The summed E-state index contributed by atoms with van der Waals surface area (Å²) in [7, 11) is -3.51. The van der Waals surface area contributed by atoms with Gasteiger partial charge >= 0.3 is 0 Å². The average molecular weight is 443 g/mol. The molecule has 0 aliphatic carbocycles. The van der Waals surface area contributed by atoms with Crippen LogP contribution < -0.4 is 5.32 Å². The lowest BCUT2D eigenvalue weighted by molar-refractivity contribution is -0.116. The molecule has 1 N–H and O–H groups in total. The van der Waals surface area contributed by atoms with Crippen LogP contribution in [0.3, 0.4) is 0 Å². The van der Waals surface area contributed by atoms with Crippen LogP contribution in [0.2, 0.25) is 10.0 Å². The quantitative estimate of drug-likeness (QED) is 0.741. The van der Waals surface area contributed by atoms with Gasteiger partial charge < -0.3 is 10.1 Å². The summed E-state index contributed by atoms with van der Waals surface area (Å²) in [4.78, 5) is 12.4. The Balaban J connectivity index is 1.57. The topological polar surface area (TPSA) is 75.7 Å². The summed E-state index contributed by atoms with van der Waals surface area (Å²) in [5.74, 6) is -0.186. The molecule has 1 saturated heterocycles. The lowest BCUT2D eigenvalue weighted by Crippen LogP contribution is -2.40. The summed E-state index contributed by atoms with van der Waals surface area (Å²) in [6.45, 7) is 1.53. The van der Waals surface area contributed by atoms with Crippen molar-refractivity contribution in [3.8, 4) is 0 Å². The largest absolute Gasteiger partial charge is 0.379 e. The summed E-state index contributed by atoms with van der Waals surface area (Å²) in [6, 6.07) is 11.5. The molecule has 0 aromatic heterocycles. The highest BCUT2D eigenvalue weighted by Gasteiger charge is 2.26. The van der Waals surface area contributed by atoms with E-state index >= 15 is 0 Å². The van der Waals surface area contributed by atoms with Gasteiger partial charge in [-0.2, -0.15) is 4.31 Å². The molecule has 6 nitrogen and oxygen atoms in total. The second-order valence-electron chi connectivity index (χ2n) is 6.33. The summed E-state index contributed by atoms with van der Waals surface area (Å²) >= 11 is 11.9. The van der Waals surface area contributed by atoms with E-state index in [1.54, 1.807) is 42.5 Å². The Bertz CT molecular complexity index is 943. The minimum Gasteiger partial charge on any atom is -0.379 e. The van der Waals surface area contributed by atoms with Crippen molar-refractivity contribution in [1.29, 1.82) is 0 Å². The van der Waals surface area contributed by atoms with Crippen LogP contribution in [-0.2, 0) is 26.0 Å². The van der Waals surface area contributed by atoms with Gasteiger partial charge in [0.1, 0.15) is 0 Å². The van der Waals surface area contributed by atoms with Crippen LogP contribution in [0.5, 0.6) is 0 Å². The molecule has 0 bridgehead atoms. The molecule has 2 aromatic rings. The zero-order valence-electron chi connectivity index (χ0n) is 15.0. The molecular formula is C19H20Cl2N2O4S. The van der Waals surface area contributed by atoms with Gasteiger partial charge in [-0.25, -0.2) is 8.42 Å². The Kier molecular flexibility index (Phi) is 6.95. The molecule has 1 aliphatic rings. The van der Waals surface area contributed by atoms with E-state index in [0.29, 0.717) is 48.5 Å². The van der Waals surface area contributed by atoms with Crippen LogP contribution in [0.4, 0.5) is 5.69 Å². The van der Waals surface area contributed by atoms with Crippen LogP contribution in [0.15, 0.2) is 47.4 Å². The third-order valence-electron chi connectivity index (χ3n) is 4.38. The standard InChI is InChI=1S/C19H20Cl2N2O4S/c20-15-4-7-18(17(21)13-15)22-19(24)8-3-14-1-5-16(6-2-14)28(25,26)23-9-11-27-12-10-23/h1-2,4-7,13H,3,8-12H2,(H,22,24). The maximum atomic E-state index is 12.6. The number of anilines is 1. The second-order valence-corrected chi connectivity index (χ2v) is 9.11. The number of sulfonamides is 1. The molecule has 28 heavy (non-hydrogen) atoms. The number of nitrogens with one attached hydrogen (secondary N) is 1. The Morgan fingerprint density at radius 1 is 1.07 bits per heavy atom. The van der Waals surface area contributed by atoms with Crippen LogP contribution >= 0.6 is 23.2 Å². The first kappa shape index (κ1) is 21.1. The van der Waals surface area contributed by atoms with E-state index in [-0.39, 0.29) is 17.2 Å². The molecule has 9 heteroatoms. The number of amides is 1. The zero-order valence-corrected chi connectivity index (χ0v) is 17.4. The number of hydrogen-bond acceptors (Lipinski definition) is 4. The van der Waals surface area contributed by atoms with Crippen molar-refractivity contribution in [2.24, 2.45) is 0 Å². The van der Waals surface area contributed by atoms with E-state index in [4.69, 9.17) is 27.9 Å². The van der Waals surface area contributed by atoms with Crippen molar-refractivity contribution in [3.63, 3.8) is 0 Å². The van der Waals surface area contributed by atoms with Crippen molar-refractivity contribution in [1.82, 2.24) is 4.31 Å². The van der Waals surface area contributed by atoms with Gasteiger partial charge in [0, 0.05) is 24.5 Å². The first-order valence-electron chi connectivity index (χ1n) is 8.78. The summed E-state index contributed by atoms with van der Waals surface area (Å²) in [5, 5.41) is 3.61. The highest BCUT2D eigenvalue weighted by atomic mass is 35.5. The number of ether oxygens (including phenoxy) is 1. The number of halogens is 2. The monoisotopic (exact) mass is 442 g/mol. The maximum Gasteiger partial charge on any atom is 0.243 e. The molecule has 0 spiro atoms. The lowest BCUT2D eigenvalue weighted by Gasteiger charge is -2.26. The van der Waals surface area contributed by atoms with Crippen molar-refractivity contribution >= 4 is 44.8 Å². The Hall–Kier alpha value is -1.64. The fourth-order valence-electron chi connectivity index (χ4n) is 2.83. The smallest absolute Gasteiger partial charge is 0.243 e. The van der Waals surface area contributed by atoms with Gasteiger partial charge in [-0.1, -0.05) is 35.3 Å². The number of nitrogens with zero attached hydrogens (tertiary/aromatic N) is 1. The van der Waals surface area contributed by atoms with Gasteiger partial charge in [-0.15, -0.1) is 0 Å². The fraction of sp³-hybridized carbons (Fsp3) is 0.316. The highest BCUT2D eigenvalue weighted by Crippen LogP contribution is 2.25. The van der Waals surface area contributed by atoms with Crippen LogP contribution in [-0.4, -0.2) is 44.9 Å². The van der Waals surface area contributed by atoms with Gasteiger partial charge in [0.25, 0.3) is 0 Å². The first-order valence-corrected chi connectivity index (χ1v) is 11.0. The van der Waals surface area contributed by atoms with Gasteiger partial charge in [0.15, 0.2) is 0 Å². The minimum absolute atomic E-state index is 0.186. The number of carbonyl (C=O) groups is 1. The van der Waals surface area contributed by atoms with Crippen molar-refractivity contribution < 1.29 is 17.9 Å². The van der Waals surface area contributed by atoms with Crippen LogP contribution in [0, 0.1) is 0 Å². The Morgan fingerprint density at radius 3 is 2.39 bits per heavy atom. The molecule has 2 aromatic carbocycles. The molecule has 1 aliphatic heterocycles. The Labute approximate surface area is 174 Å².